The first-order chi connectivity index (χ1) is 7.82. The summed E-state index contributed by atoms with van der Waals surface area (Å²) < 4.78 is 12.2. The van der Waals surface area contributed by atoms with Crippen LogP contribution < -0.4 is 0 Å². The minimum absolute atomic E-state index is 0.226. The Kier molecular flexibility index (Phi) is 3.57. The summed E-state index contributed by atoms with van der Waals surface area (Å²) in [5.74, 6) is 1.16. The maximum Gasteiger partial charge on any atom is 0.168 e. The molecule has 17 heavy (non-hydrogen) atoms. The molecule has 1 aliphatic carbocycles. The molecule has 2 rings (SSSR count). The van der Waals surface area contributed by atoms with Gasteiger partial charge in [0.15, 0.2) is 5.79 Å². The Bertz CT molecular complexity index is 257. The number of hydrogen-bond donors (Lipinski definition) is 0. The average molecular weight is 240 g/mol. The normalized spacial score (nSPS) is 39.2. The monoisotopic (exact) mass is 240 g/mol. The smallest absolute Gasteiger partial charge is 0.168 e. The van der Waals surface area contributed by atoms with E-state index in [4.69, 9.17) is 9.47 Å². The van der Waals surface area contributed by atoms with Gasteiger partial charge in [-0.25, -0.2) is 0 Å². The topological polar surface area (TPSA) is 18.5 Å². The Morgan fingerprint density at radius 2 is 1.71 bits per heavy atom. The average Bonchev–Trinajstić information content (AvgIpc) is 2.62. The molecule has 2 fully saturated rings. The Morgan fingerprint density at radius 1 is 1.12 bits per heavy atom. The van der Waals surface area contributed by atoms with Crippen LogP contribution >= 0.6 is 0 Å². The first-order valence-corrected chi connectivity index (χ1v) is 7.14. The second-order valence-electron chi connectivity index (χ2n) is 7.26. The summed E-state index contributed by atoms with van der Waals surface area (Å²) in [4.78, 5) is 0. The van der Waals surface area contributed by atoms with Crippen molar-refractivity contribution in [2.75, 3.05) is 6.61 Å². The molecule has 2 nitrogen and oxygen atoms in total. The first kappa shape index (κ1) is 13.4. The maximum absolute atomic E-state index is 6.19. The van der Waals surface area contributed by atoms with E-state index in [1.165, 1.54) is 12.8 Å². The Morgan fingerprint density at radius 3 is 2.12 bits per heavy atom. The minimum atomic E-state index is -0.226. The standard InChI is InChI=1S/C15H28O2/c1-11(2)13-10-16-15(17-13)8-6-12(7-9-15)14(3,4)5/h11-13H,6-10H2,1-5H3. The van der Waals surface area contributed by atoms with Crippen molar-refractivity contribution >= 4 is 0 Å². The van der Waals surface area contributed by atoms with Gasteiger partial charge in [-0.2, -0.15) is 0 Å². The van der Waals surface area contributed by atoms with Crippen molar-refractivity contribution < 1.29 is 9.47 Å². The fourth-order valence-corrected chi connectivity index (χ4v) is 3.09. The lowest BCUT2D eigenvalue weighted by Gasteiger charge is -2.41. The molecule has 2 heteroatoms. The van der Waals surface area contributed by atoms with Crippen molar-refractivity contribution in [3.05, 3.63) is 0 Å². The van der Waals surface area contributed by atoms with Gasteiger partial charge in [0.1, 0.15) is 0 Å². The lowest BCUT2D eigenvalue weighted by molar-refractivity contribution is -0.199. The molecule has 1 heterocycles. The molecule has 0 amide bonds. The Balaban J connectivity index is 1.91. The largest absolute Gasteiger partial charge is 0.347 e. The van der Waals surface area contributed by atoms with Crippen LogP contribution in [0.4, 0.5) is 0 Å². The van der Waals surface area contributed by atoms with E-state index in [9.17, 15) is 0 Å². The highest BCUT2D eigenvalue weighted by Crippen LogP contribution is 2.46. The molecule has 0 N–H and O–H groups in total. The molecule has 0 aromatic carbocycles. The van der Waals surface area contributed by atoms with Gasteiger partial charge >= 0.3 is 0 Å². The molecule has 1 spiro atoms. The van der Waals surface area contributed by atoms with Crippen molar-refractivity contribution in [1.29, 1.82) is 0 Å². The number of rotatable bonds is 1. The SMILES string of the molecule is CC(C)C1COC2(CCC(C(C)(C)C)CC2)O1. The zero-order valence-electron chi connectivity index (χ0n) is 12.1. The predicted molar refractivity (Wildman–Crippen MR) is 69.8 cm³/mol. The number of ether oxygens (including phenoxy) is 2. The third kappa shape index (κ3) is 2.85. The highest BCUT2D eigenvalue weighted by Gasteiger charge is 2.46. The van der Waals surface area contributed by atoms with Crippen molar-refractivity contribution in [2.45, 2.75) is 72.2 Å². The maximum atomic E-state index is 6.19. The zero-order valence-corrected chi connectivity index (χ0v) is 12.1. The fourth-order valence-electron chi connectivity index (χ4n) is 3.09. The van der Waals surface area contributed by atoms with Gasteiger partial charge in [0.05, 0.1) is 12.7 Å². The fraction of sp³-hybridized carbons (Fsp3) is 1.00. The molecule has 1 saturated carbocycles. The first-order valence-electron chi connectivity index (χ1n) is 7.14. The second kappa shape index (κ2) is 4.55. The van der Waals surface area contributed by atoms with Gasteiger partial charge in [-0.05, 0) is 30.1 Å². The van der Waals surface area contributed by atoms with E-state index in [0.29, 0.717) is 17.4 Å². The van der Waals surface area contributed by atoms with Crippen LogP contribution in [0, 0.1) is 17.3 Å². The zero-order chi connectivity index (χ0) is 12.7. The molecule has 1 atom stereocenters. The van der Waals surface area contributed by atoms with Gasteiger partial charge in [-0.3, -0.25) is 0 Å². The van der Waals surface area contributed by atoms with Gasteiger partial charge in [0, 0.05) is 12.8 Å². The summed E-state index contributed by atoms with van der Waals surface area (Å²) in [5, 5.41) is 0. The van der Waals surface area contributed by atoms with Crippen molar-refractivity contribution in [3.63, 3.8) is 0 Å². The quantitative estimate of drug-likeness (QED) is 0.690. The van der Waals surface area contributed by atoms with Gasteiger partial charge in [0.2, 0.25) is 0 Å². The van der Waals surface area contributed by atoms with E-state index >= 15 is 0 Å². The molecular formula is C15H28O2. The third-order valence-corrected chi connectivity index (χ3v) is 4.59. The van der Waals surface area contributed by atoms with Crippen molar-refractivity contribution in [1.82, 2.24) is 0 Å². The minimum Gasteiger partial charge on any atom is -0.347 e. The molecule has 0 aromatic heterocycles. The summed E-state index contributed by atoms with van der Waals surface area (Å²) in [6, 6.07) is 0. The van der Waals surface area contributed by atoms with Crippen LogP contribution in [0.1, 0.15) is 60.3 Å². The van der Waals surface area contributed by atoms with Gasteiger partial charge in [0.25, 0.3) is 0 Å². The lowest BCUT2D eigenvalue weighted by atomic mass is 9.71. The van der Waals surface area contributed by atoms with Crippen LogP contribution in [0.5, 0.6) is 0 Å². The molecular weight excluding hydrogens is 212 g/mol. The summed E-state index contributed by atoms with van der Waals surface area (Å²) in [7, 11) is 0. The molecule has 2 aliphatic rings. The van der Waals surface area contributed by atoms with E-state index < -0.39 is 0 Å². The predicted octanol–water partition coefficient (Wildman–Crippen LogP) is 3.99. The Hall–Kier alpha value is -0.0800. The molecule has 1 aliphatic heterocycles. The van der Waals surface area contributed by atoms with Crippen LogP contribution in [0.25, 0.3) is 0 Å². The molecule has 0 radical (unpaired) electrons. The summed E-state index contributed by atoms with van der Waals surface area (Å²) in [5.41, 5.74) is 0.428. The van der Waals surface area contributed by atoms with E-state index in [-0.39, 0.29) is 5.79 Å². The Labute approximate surface area is 106 Å². The van der Waals surface area contributed by atoms with Crippen LogP contribution in [0.2, 0.25) is 0 Å². The van der Waals surface area contributed by atoms with E-state index in [1.807, 2.05) is 0 Å². The summed E-state index contributed by atoms with van der Waals surface area (Å²) in [6.45, 7) is 12.3. The van der Waals surface area contributed by atoms with Gasteiger partial charge in [-0.15, -0.1) is 0 Å². The molecule has 1 saturated heterocycles. The highest BCUT2D eigenvalue weighted by molar-refractivity contribution is 4.89. The molecule has 0 aromatic rings. The second-order valence-corrected chi connectivity index (χ2v) is 7.26. The van der Waals surface area contributed by atoms with Gasteiger partial charge < -0.3 is 9.47 Å². The third-order valence-electron chi connectivity index (χ3n) is 4.59. The lowest BCUT2D eigenvalue weighted by Crippen LogP contribution is -2.39. The molecule has 100 valence electrons. The summed E-state index contributed by atoms with van der Waals surface area (Å²) >= 11 is 0. The van der Waals surface area contributed by atoms with E-state index in [0.717, 1.165) is 25.4 Å². The molecule has 0 bridgehead atoms. The van der Waals surface area contributed by atoms with Crippen LogP contribution in [-0.2, 0) is 9.47 Å². The van der Waals surface area contributed by atoms with E-state index in [2.05, 4.69) is 34.6 Å². The van der Waals surface area contributed by atoms with Gasteiger partial charge in [-0.1, -0.05) is 34.6 Å². The number of hydrogen-bond acceptors (Lipinski definition) is 2. The summed E-state index contributed by atoms with van der Waals surface area (Å²) in [6.07, 6.45) is 4.96. The highest BCUT2D eigenvalue weighted by atomic mass is 16.7. The van der Waals surface area contributed by atoms with Crippen LogP contribution in [-0.4, -0.2) is 18.5 Å². The van der Waals surface area contributed by atoms with Crippen LogP contribution in [0.3, 0.4) is 0 Å². The van der Waals surface area contributed by atoms with E-state index in [1.54, 1.807) is 0 Å². The molecule has 1 unspecified atom stereocenters. The van der Waals surface area contributed by atoms with Crippen molar-refractivity contribution in [2.24, 2.45) is 17.3 Å². The van der Waals surface area contributed by atoms with Crippen molar-refractivity contribution in [3.8, 4) is 0 Å². The van der Waals surface area contributed by atoms with Crippen LogP contribution in [0.15, 0.2) is 0 Å².